The van der Waals surface area contributed by atoms with Gasteiger partial charge in [-0.25, -0.2) is 0 Å². The molecule has 0 unspecified atom stereocenters. The lowest BCUT2D eigenvalue weighted by Gasteiger charge is -2.23. The largest absolute Gasteiger partial charge is 0.352 e. The van der Waals surface area contributed by atoms with Gasteiger partial charge in [0, 0.05) is 18.3 Å². The fraction of sp³-hybridized carbons (Fsp3) is 0.600. The van der Waals surface area contributed by atoms with Crippen LogP contribution in [0.2, 0.25) is 0 Å². The SMILES string of the molecule is C[C@@H](NCC(=O)NC1CCCCC1)c1ccccn1. The zero-order valence-corrected chi connectivity index (χ0v) is 11.6. The molecule has 19 heavy (non-hydrogen) atoms. The summed E-state index contributed by atoms with van der Waals surface area (Å²) in [7, 11) is 0. The highest BCUT2D eigenvalue weighted by atomic mass is 16.1. The van der Waals surface area contributed by atoms with Crippen molar-refractivity contribution >= 4 is 5.91 Å². The molecule has 1 saturated carbocycles. The second-order valence-electron chi connectivity index (χ2n) is 5.26. The van der Waals surface area contributed by atoms with Crippen LogP contribution in [0.1, 0.15) is 50.8 Å². The lowest BCUT2D eigenvalue weighted by molar-refractivity contribution is -0.121. The second kappa shape index (κ2) is 7.24. The van der Waals surface area contributed by atoms with Gasteiger partial charge in [-0.05, 0) is 31.9 Å². The van der Waals surface area contributed by atoms with Crippen LogP contribution in [0.4, 0.5) is 0 Å². The summed E-state index contributed by atoms with van der Waals surface area (Å²) in [5, 5.41) is 6.32. The average molecular weight is 261 g/mol. The monoisotopic (exact) mass is 261 g/mol. The molecule has 0 radical (unpaired) electrons. The van der Waals surface area contributed by atoms with Crippen molar-refractivity contribution in [3.63, 3.8) is 0 Å². The van der Waals surface area contributed by atoms with E-state index in [0.29, 0.717) is 12.6 Å². The summed E-state index contributed by atoms with van der Waals surface area (Å²) in [6, 6.07) is 6.30. The molecule has 0 aliphatic heterocycles. The van der Waals surface area contributed by atoms with Crippen molar-refractivity contribution in [2.24, 2.45) is 0 Å². The standard InChI is InChI=1S/C15H23N3O/c1-12(14-9-5-6-10-16-14)17-11-15(19)18-13-7-3-2-4-8-13/h5-6,9-10,12-13,17H,2-4,7-8,11H2,1H3,(H,18,19)/t12-/m1/s1. The van der Waals surface area contributed by atoms with E-state index in [1.54, 1.807) is 6.20 Å². The molecule has 1 aromatic heterocycles. The molecule has 1 fully saturated rings. The van der Waals surface area contributed by atoms with Gasteiger partial charge in [0.1, 0.15) is 0 Å². The van der Waals surface area contributed by atoms with Crippen LogP contribution in [0.15, 0.2) is 24.4 Å². The molecular formula is C15H23N3O. The quantitative estimate of drug-likeness (QED) is 0.854. The van der Waals surface area contributed by atoms with E-state index >= 15 is 0 Å². The maximum Gasteiger partial charge on any atom is 0.234 e. The van der Waals surface area contributed by atoms with Crippen molar-refractivity contribution in [1.82, 2.24) is 15.6 Å². The van der Waals surface area contributed by atoms with E-state index in [-0.39, 0.29) is 11.9 Å². The van der Waals surface area contributed by atoms with E-state index in [0.717, 1.165) is 18.5 Å². The number of amides is 1. The van der Waals surface area contributed by atoms with Gasteiger partial charge in [0.2, 0.25) is 5.91 Å². The number of hydrogen-bond acceptors (Lipinski definition) is 3. The Morgan fingerprint density at radius 2 is 2.16 bits per heavy atom. The van der Waals surface area contributed by atoms with Gasteiger partial charge < -0.3 is 10.6 Å². The number of hydrogen-bond donors (Lipinski definition) is 2. The van der Waals surface area contributed by atoms with Crippen molar-refractivity contribution in [3.8, 4) is 0 Å². The molecule has 2 rings (SSSR count). The highest BCUT2D eigenvalue weighted by Gasteiger charge is 2.16. The Balaban J connectivity index is 1.71. The zero-order chi connectivity index (χ0) is 13.5. The molecule has 4 nitrogen and oxygen atoms in total. The third kappa shape index (κ3) is 4.63. The topological polar surface area (TPSA) is 54.0 Å². The van der Waals surface area contributed by atoms with E-state index in [9.17, 15) is 4.79 Å². The van der Waals surface area contributed by atoms with E-state index in [1.807, 2.05) is 25.1 Å². The molecule has 104 valence electrons. The summed E-state index contributed by atoms with van der Waals surface area (Å²) in [6.07, 6.45) is 7.81. The molecule has 1 aromatic rings. The normalized spacial score (nSPS) is 17.9. The Bertz CT molecular complexity index is 388. The van der Waals surface area contributed by atoms with E-state index in [4.69, 9.17) is 0 Å². The number of nitrogens with zero attached hydrogens (tertiary/aromatic N) is 1. The minimum Gasteiger partial charge on any atom is -0.352 e. The van der Waals surface area contributed by atoms with Crippen LogP contribution >= 0.6 is 0 Å². The lowest BCUT2D eigenvalue weighted by Crippen LogP contribution is -2.41. The Hall–Kier alpha value is -1.42. The van der Waals surface area contributed by atoms with Gasteiger partial charge in [-0.15, -0.1) is 0 Å². The van der Waals surface area contributed by atoms with Gasteiger partial charge >= 0.3 is 0 Å². The van der Waals surface area contributed by atoms with Crippen LogP contribution in [0, 0.1) is 0 Å². The molecule has 0 aromatic carbocycles. The molecule has 1 amide bonds. The Kier molecular flexibility index (Phi) is 5.33. The smallest absolute Gasteiger partial charge is 0.234 e. The van der Waals surface area contributed by atoms with Crippen LogP contribution < -0.4 is 10.6 Å². The molecule has 1 atom stereocenters. The molecule has 2 N–H and O–H groups in total. The number of pyridine rings is 1. The molecule has 0 bridgehead atoms. The molecule has 4 heteroatoms. The first-order valence-electron chi connectivity index (χ1n) is 7.19. The second-order valence-corrected chi connectivity index (χ2v) is 5.26. The Labute approximate surface area is 115 Å². The molecular weight excluding hydrogens is 238 g/mol. The summed E-state index contributed by atoms with van der Waals surface area (Å²) < 4.78 is 0. The maximum absolute atomic E-state index is 11.9. The predicted octanol–water partition coefficient (Wildman–Crippen LogP) is 2.18. The average Bonchev–Trinajstić information content (AvgIpc) is 2.47. The number of aromatic nitrogens is 1. The number of rotatable bonds is 5. The van der Waals surface area contributed by atoms with Gasteiger partial charge in [-0.2, -0.15) is 0 Å². The molecule has 0 spiro atoms. The van der Waals surface area contributed by atoms with Gasteiger partial charge in [-0.1, -0.05) is 25.3 Å². The number of carbonyl (C=O) groups excluding carboxylic acids is 1. The minimum absolute atomic E-state index is 0.0923. The first-order valence-corrected chi connectivity index (χ1v) is 7.19. The molecule has 1 aliphatic carbocycles. The van der Waals surface area contributed by atoms with E-state index in [1.165, 1.54) is 19.3 Å². The van der Waals surface area contributed by atoms with Crippen molar-refractivity contribution < 1.29 is 4.79 Å². The summed E-state index contributed by atoms with van der Waals surface area (Å²) in [6.45, 7) is 2.38. The summed E-state index contributed by atoms with van der Waals surface area (Å²) in [5.41, 5.74) is 0.966. The number of nitrogens with one attached hydrogen (secondary N) is 2. The first kappa shape index (κ1) is 14.0. The van der Waals surface area contributed by atoms with Gasteiger partial charge in [0.15, 0.2) is 0 Å². The van der Waals surface area contributed by atoms with E-state index < -0.39 is 0 Å². The number of carbonyl (C=O) groups is 1. The third-order valence-electron chi connectivity index (χ3n) is 3.67. The van der Waals surface area contributed by atoms with Gasteiger partial charge in [-0.3, -0.25) is 9.78 Å². The van der Waals surface area contributed by atoms with Crippen LogP contribution in [0.3, 0.4) is 0 Å². The van der Waals surface area contributed by atoms with Crippen LogP contribution in [-0.2, 0) is 4.79 Å². The van der Waals surface area contributed by atoms with E-state index in [2.05, 4.69) is 15.6 Å². The van der Waals surface area contributed by atoms with Crippen LogP contribution in [0.25, 0.3) is 0 Å². The fourth-order valence-electron chi connectivity index (χ4n) is 2.51. The van der Waals surface area contributed by atoms with Crippen molar-refractivity contribution in [2.75, 3.05) is 6.54 Å². The zero-order valence-electron chi connectivity index (χ0n) is 11.6. The predicted molar refractivity (Wildman–Crippen MR) is 75.7 cm³/mol. The van der Waals surface area contributed by atoms with Crippen molar-refractivity contribution in [3.05, 3.63) is 30.1 Å². The molecule has 1 heterocycles. The van der Waals surface area contributed by atoms with Crippen molar-refractivity contribution in [2.45, 2.75) is 51.1 Å². The summed E-state index contributed by atoms with van der Waals surface area (Å²) in [5.74, 6) is 0.0923. The lowest BCUT2D eigenvalue weighted by atomic mass is 9.95. The van der Waals surface area contributed by atoms with Gasteiger partial charge in [0.05, 0.1) is 12.2 Å². The fourth-order valence-corrected chi connectivity index (χ4v) is 2.51. The molecule has 0 saturated heterocycles. The molecule has 1 aliphatic rings. The summed E-state index contributed by atoms with van der Waals surface area (Å²) in [4.78, 5) is 16.1. The Morgan fingerprint density at radius 3 is 2.84 bits per heavy atom. The minimum atomic E-state index is 0.0923. The first-order chi connectivity index (χ1) is 9.25. The van der Waals surface area contributed by atoms with Crippen LogP contribution in [-0.4, -0.2) is 23.5 Å². The summed E-state index contributed by atoms with van der Waals surface area (Å²) >= 11 is 0. The highest BCUT2D eigenvalue weighted by molar-refractivity contribution is 5.78. The van der Waals surface area contributed by atoms with Crippen molar-refractivity contribution in [1.29, 1.82) is 0 Å². The highest BCUT2D eigenvalue weighted by Crippen LogP contribution is 2.17. The maximum atomic E-state index is 11.9. The third-order valence-corrected chi connectivity index (χ3v) is 3.67. The van der Waals surface area contributed by atoms with Gasteiger partial charge in [0.25, 0.3) is 0 Å². The van der Waals surface area contributed by atoms with Crippen LogP contribution in [0.5, 0.6) is 0 Å². The Morgan fingerprint density at radius 1 is 1.37 bits per heavy atom.